The minimum Gasteiger partial charge on any atom is -0.385 e. The first-order chi connectivity index (χ1) is 14.4. The second-order valence-electron chi connectivity index (χ2n) is 7.87. The van der Waals surface area contributed by atoms with Gasteiger partial charge < -0.3 is 24.8 Å². The molecule has 7 heteroatoms. The molecule has 0 aliphatic carbocycles. The molecule has 166 valence electrons. The molecule has 1 aromatic carbocycles. The van der Waals surface area contributed by atoms with Crippen LogP contribution in [0.3, 0.4) is 0 Å². The second-order valence-corrected chi connectivity index (χ2v) is 8.26. The number of rotatable bonds is 11. The maximum Gasteiger partial charge on any atom is 0.253 e. The summed E-state index contributed by atoms with van der Waals surface area (Å²) >= 11 is 5.68. The number of fused-ring (bicyclic) bond motifs is 1. The Morgan fingerprint density at radius 1 is 1.23 bits per heavy atom. The first-order valence-corrected chi connectivity index (χ1v) is 11.3. The molecule has 0 spiro atoms. The number of benzene rings is 1. The maximum atomic E-state index is 12.8. The van der Waals surface area contributed by atoms with E-state index in [0.29, 0.717) is 18.3 Å². The van der Waals surface area contributed by atoms with E-state index in [1.54, 1.807) is 7.11 Å². The predicted octanol–water partition coefficient (Wildman–Crippen LogP) is 1.78. The highest BCUT2D eigenvalue weighted by Crippen LogP contribution is 2.19. The summed E-state index contributed by atoms with van der Waals surface area (Å²) in [6.07, 6.45) is 0.890. The van der Waals surface area contributed by atoms with Gasteiger partial charge in [0.2, 0.25) is 0 Å². The van der Waals surface area contributed by atoms with E-state index in [1.165, 1.54) is 10.5 Å². The highest BCUT2D eigenvalue weighted by molar-refractivity contribution is 7.80. The number of methoxy groups -OCH3 is 1. The Morgan fingerprint density at radius 2 is 1.97 bits per heavy atom. The number of likely N-dealkylation sites (N-methyl/N-ethyl adjacent to an activating group) is 1. The van der Waals surface area contributed by atoms with Crippen molar-refractivity contribution in [2.75, 3.05) is 46.4 Å². The molecule has 0 aliphatic rings. The summed E-state index contributed by atoms with van der Waals surface area (Å²) in [6, 6.07) is 6.19. The number of nitrogens with one attached hydrogen (secondary N) is 3. The largest absolute Gasteiger partial charge is 0.385 e. The standard InChI is InChI=1S/C23H36N4O2S/c1-6-26(7-2)10-11-27(23(30)24-9-8-12-29-5)16-19-15-20-18(4)13-17(3)14-21(20)25-22(19)28/h13-15H,6-12,16H2,1-5H3,(H,24,30)(H,25,28)/p+1. The van der Waals surface area contributed by atoms with Crippen LogP contribution in [0.15, 0.2) is 23.0 Å². The minimum absolute atomic E-state index is 0.0464. The predicted molar refractivity (Wildman–Crippen MR) is 128 cm³/mol. The molecule has 6 nitrogen and oxygen atoms in total. The van der Waals surface area contributed by atoms with Gasteiger partial charge in [0.15, 0.2) is 5.11 Å². The Kier molecular flexibility index (Phi) is 9.75. The van der Waals surface area contributed by atoms with E-state index >= 15 is 0 Å². The number of H-pyrrole nitrogens is 1. The molecule has 2 aromatic rings. The molecule has 3 N–H and O–H groups in total. The lowest BCUT2D eigenvalue weighted by molar-refractivity contribution is -0.895. The molecule has 0 amide bonds. The van der Waals surface area contributed by atoms with Gasteiger partial charge in [0.05, 0.1) is 32.7 Å². The summed E-state index contributed by atoms with van der Waals surface area (Å²) < 4.78 is 5.12. The van der Waals surface area contributed by atoms with Gasteiger partial charge in [-0.1, -0.05) is 6.07 Å². The lowest BCUT2D eigenvalue weighted by atomic mass is 10.0. The van der Waals surface area contributed by atoms with Crippen LogP contribution in [0.1, 0.15) is 37.0 Å². The van der Waals surface area contributed by atoms with Crippen LogP contribution in [0.25, 0.3) is 10.9 Å². The van der Waals surface area contributed by atoms with Crippen LogP contribution in [0, 0.1) is 13.8 Å². The molecule has 0 saturated carbocycles. The van der Waals surface area contributed by atoms with Crippen LogP contribution in [-0.2, 0) is 11.3 Å². The van der Waals surface area contributed by atoms with Crippen molar-refractivity contribution >= 4 is 28.2 Å². The van der Waals surface area contributed by atoms with Gasteiger partial charge in [-0.25, -0.2) is 0 Å². The van der Waals surface area contributed by atoms with E-state index in [0.717, 1.165) is 61.2 Å². The van der Waals surface area contributed by atoms with E-state index in [4.69, 9.17) is 17.0 Å². The van der Waals surface area contributed by atoms with Crippen LogP contribution < -0.4 is 15.8 Å². The highest BCUT2D eigenvalue weighted by atomic mass is 32.1. The third kappa shape index (κ3) is 6.79. The lowest BCUT2D eigenvalue weighted by Gasteiger charge is -2.27. The summed E-state index contributed by atoms with van der Waals surface area (Å²) in [4.78, 5) is 19.5. The number of hydrogen-bond donors (Lipinski definition) is 3. The van der Waals surface area contributed by atoms with Gasteiger partial charge in [-0.15, -0.1) is 0 Å². The Morgan fingerprint density at radius 3 is 2.63 bits per heavy atom. The molecule has 1 heterocycles. The number of pyridine rings is 1. The quantitative estimate of drug-likeness (QED) is 0.373. The molecule has 0 radical (unpaired) electrons. The van der Waals surface area contributed by atoms with Crippen LogP contribution in [0.2, 0.25) is 0 Å². The number of thiocarbonyl (C=S) groups is 1. The van der Waals surface area contributed by atoms with Crippen LogP contribution >= 0.6 is 12.2 Å². The summed E-state index contributed by atoms with van der Waals surface area (Å²) in [7, 11) is 1.70. The Balaban J connectivity index is 2.23. The van der Waals surface area contributed by atoms with Crippen molar-refractivity contribution in [3.05, 3.63) is 45.2 Å². The molecule has 30 heavy (non-hydrogen) atoms. The minimum atomic E-state index is -0.0464. The summed E-state index contributed by atoms with van der Waals surface area (Å²) in [5.74, 6) is 0. The number of hydrogen-bond acceptors (Lipinski definition) is 3. The van der Waals surface area contributed by atoms with Crippen molar-refractivity contribution in [2.45, 2.75) is 40.7 Å². The van der Waals surface area contributed by atoms with Crippen LogP contribution in [0.5, 0.6) is 0 Å². The number of aromatic nitrogens is 1. The fourth-order valence-corrected chi connectivity index (χ4v) is 3.97. The molecule has 0 saturated heterocycles. The zero-order valence-electron chi connectivity index (χ0n) is 19.1. The van der Waals surface area contributed by atoms with E-state index < -0.39 is 0 Å². The Bertz CT molecular complexity index is 893. The van der Waals surface area contributed by atoms with E-state index in [1.807, 2.05) is 19.1 Å². The molecule has 0 unspecified atom stereocenters. The molecule has 2 rings (SSSR count). The molecule has 0 bridgehead atoms. The number of ether oxygens (including phenoxy) is 1. The van der Waals surface area contributed by atoms with Gasteiger partial charge in [-0.05, 0) is 69.6 Å². The Labute approximate surface area is 185 Å². The van der Waals surface area contributed by atoms with E-state index in [-0.39, 0.29) is 5.56 Å². The van der Waals surface area contributed by atoms with Gasteiger partial charge in [0.25, 0.3) is 5.56 Å². The first-order valence-electron chi connectivity index (χ1n) is 10.9. The molecule has 0 fully saturated rings. The second kappa shape index (κ2) is 12.0. The van der Waals surface area contributed by atoms with Crippen LogP contribution in [-0.4, -0.2) is 61.4 Å². The Hall–Kier alpha value is -1.96. The molecule has 0 atom stereocenters. The van der Waals surface area contributed by atoms with Gasteiger partial charge in [-0.3, -0.25) is 4.79 Å². The average molecular weight is 434 g/mol. The number of nitrogens with zero attached hydrogens (tertiary/aromatic N) is 1. The van der Waals surface area contributed by atoms with Crippen molar-refractivity contribution in [1.29, 1.82) is 0 Å². The highest BCUT2D eigenvalue weighted by Gasteiger charge is 2.16. The van der Waals surface area contributed by atoms with Crippen molar-refractivity contribution in [3.63, 3.8) is 0 Å². The van der Waals surface area contributed by atoms with Crippen LogP contribution in [0.4, 0.5) is 0 Å². The van der Waals surface area contributed by atoms with Gasteiger partial charge in [0.1, 0.15) is 0 Å². The molecule has 0 aliphatic heterocycles. The third-order valence-corrected chi connectivity index (χ3v) is 5.98. The van der Waals surface area contributed by atoms with Gasteiger partial charge in [-0.2, -0.15) is 0 Å². The fraction of sp³-hybridized carbons (Fsp3) is 0.565. The number of quaternary nitrogens is 1. The lowest BCUT2D eigenvalue weighted by Crippen LogP contribution is -3.12. The first kappa shape index (κ1) is 24.3. The smallest absolute Gasteiger partial charge is 0.253 e. The average Bonchev–Trinajstić information content (AvgIpc) is 2.71. The van der Waals surface area contributed by atoms with E-state index in [9.17, 15) is 4.79 Å². The van der Waals surface area contributed by atoms with Crippen molar-refractivity contribution < 1.29 is 9.64 Å². The van der Waals surface area contributed by atoms with Gasteiger partial charge in [0, 0.05) is 36.7 Å². The summed E-state index contributed by atoms with van der Waals surface area (Å²) in [5.41, 5.74) is 3.90. The zero-order chi connectivity index (χ0) is 22.1. The molecular weight excluding hydrogens is 396 g/mol. The summed E-state index contributed by atoms with van der Waals surface area (Å²) in [6.45, 7) is 14.4. The van der Waals surface area contributed by atoms with Crippen molar-refractivity contribution in [1.82, 2.24) is 15.2 Å². The van der Waals surface area contributed by atoms with Crippen molar-refractivity contribution in [2.24, 2.45) is 0 Å². The van der Waals surface area contributed by atoms with Crippen molar-refractivity contribution in [3.8, 4) is 0 Å². The summed E-state index contributed by atoms with van der Waals surface area (Å²) in [5, 5.41) is 5.11. The molecular formula is C23H37N4O2S+. The SMILES string of the molecule is CC[NH+](CC)CCN(Cc1cc2c(C)cc(C)cc2[nH]c1=O)C(=S)NCCCOC. The third-order valence-electron chi connectivity index (χ3n) is 5.57. The van der Waals surface area contributed by atoms with E-state index in [2.05, 4.69) is 42.0 Å². The number of aromatic amines is 1. The molecule has 1 aromatic heterocycles. The van der Waals surface area contributed by atoms with Gasteiger partial charge >= 0.3 is 0 Å². The normalized spacial score (nSPS) is 11.3. The monoisotopic (exact) mass is 433 g/mol. The maximum absolute atomic E-state index is 12.8. The topological polar surface area (TPSA) is 61.8 Å². The number of aryl methyl sites for hydroxylation is 2. The zero-order valence-corrected chi connectivity index (χ0v) is 19.9. The fourth-order valence-electron chi connectivity index (χ4n) is 3.71.